The van der Waals surface area contributed by atoms with E-state index in [0.29, 0.717) is 40.5 Å². The lowest BCUT2D eigenvalue weighted by atomic mass is 10.00. The number of thiophene rings is 1. The summed E-state index contributed by atoms with van der Waals surface area (Å²) in [4.78, 5) is 4.52. The number of sulfonamides is 1. The fourth-order valence-corrected chi connectivity index (χ4v) is 6.06. The number of benzene rings is 1. The number of rotatable bonds is 6. The maximum Gasteiger partial charge on any atom is 0.252 e. The van der Waals surface area contributed by atoms with Gasteiger partial charge in [0.15, 0.2) is 11.5 Å². The van der Waals surface area contributed by atoms with Crippen molar-refractivity contribution in [2.24, 2.45) is 0 Å². The molecule has 1 aliphatic rings. The molecule has 8 nitrogen and oxygen atoms in total. The van der Waals surface area contributed by atoms with Crippen molar-refractivity contribution in [3.8, 4) is 22.9 Å². The van der Waals surface area contributed by atoms with Crippen molar-refractivity contribution in [1.29, 1.82) is 0 Å². The average molecular weight is 436 g/mol. The zero-order valence-electron chi connectivity index (χ0n) is 16.1. The van der Waals surface area contributed by atoms with Crippen LogP contribution in [-0.4, -0.2) is 50.2 Å². The van der Waals surface area contributed by atoms with Gasteiger partial charge in [0.2, 0.25) is 11.7 Å². The number of hydrogen-bond donors (Lipinski definition) is 0. The summed E-state index contributed by atoms with van der Waals surface area (Å²) in [5.41, 5.74) is 0.733. The van der Waals surface area contributed by atoms with E-state index in [0.717, 1.165) is 18.4 Å². The van der Waals surface area contributed by atoms with Gasteiger partial charge in [0.05, 0.1) is 20.1 Å². The highest BCUT2D eigenvalue weighted by molar-refractivity contribution is 7.91. The third-order valence-corrected chi connectivity index (χ3v) is 8.14. The van der Waals surface area contributed by atoms with E-state index in [4.69, 9.17) is 14.0 Å². The van der Waals surface area contributed by atoms with Crippen LogP contribution in [0.5, 0.6) is 11.5 Å². The van der Waals surface area contributed by atoms with E-state index in [2.05, 4.69) is 10.1 Å². The third-order valence-electron chi connectivity index (χ3n) is 4.91. The van der Waals surface area contributed by atoms with Crippen LogP contribution in [0, 0.1) is 0 Å². The lowest BCUT2D eigenvalue weighted by molar-refractivity contribution is 0.266. The maximum absolute atomic E-state index is 12.8. The summed E-state index contributed by atoms with van der Waals surface area (Å²) in [7, 11) is -0.354. The summed E-state index contributed by atoms with van der Waals surface area (Å²) in [5, 5.41) is 5.85. The van der Waals surface area contributed by atoms with Crippen molar-refractivity contribution in [2.75, 3.05) is 27.3 Å². The van der Waals surface area contributed by atoms with Crippen LogP contribution < -0.4 is 9.47 Å². The van der Waals surface area contributed by atoms with Crippen molar-refractivity contribution in [1.82, 2.24) is 14.4 Å². The summed E-state index contributed by atoms with van der Waals surface area (Å²) < 4.78 is 43.6. The molecule has 0 amide bonds. The van der Waals surface area contributed by atoms with Gasteiger partial charge in [-0.1, -0.05) is 11.2 Å². The maximum atomic E-state index is 12.8. The molecule has 1 atom stereocenters. The van der Waals surface area contributed by atoms with Crippen LogP contribution in [0.3, 0.4) is 0 Å². The molecule has 29 heavy (non-hydrogen) atoms. The van der Waals surface area contributed by atoms with Gasteiger partial charge in [0.25, 0.3) is 10.0 Å². The fraction of sp³-hybridized carbons (Fsp3) is 0.368. The van der Waals surface area contributed by atoms with Crippen LogP contribution >= 0.6 is 11.3 Å². The van der Waals surface area contributed by atoms with Gasteiger partial charge in [-0.25, -0.2) is 8.42 Å². The van der Waals surface area contributed by atoms with Crippen LogP contribution in [0.25, 0.3) is 11.4 Å². The normalized spacial score (nSPS) is 17.9. The van der Waals surface area contributed by atoms with Crippen molar-refractivity contribution in [3.63, 3.8) is 0 Å². The topological polar surface area (TPSA) is 94.8 Å². The standard InChI is InChI=1S/C19H21N3O5S2/c1-25-15-8-7-13(11-16(15)26-2)18-20-19(27-21-18)14-5-3-9-22(12-14)29(23,24)17-6-4-10-28-17/h4,6-8,10-11,14H,3,5,9,12H2,1-2H3. The van der Waals surface area contributed by atoms with Gasteiger partial charge < -0.3 is 14.0 Å². The predicted octanol–water partition coefficient (Wildman–Crippen LogP) is 3.38. The summed E-state index contributed by atoms with van der Waals surface area (Å²) >= 11 is 1.23. The Bertz CT molecular complexity index is 1080. The van der Waals surface area contributed by atoms with Crippen LogP contribution in [0.2, 0.25) is 0 Å². The minimum atomic E-state index is -3.49. The molecule has 0 bridgehead atoms. The molecule has 154 valence electrons. The highest BCUT2D eigenvalue weighted by Crippen LogP contribution is 2.34. The second-order valence-electron chi connectivity index (χ2n) is 6.66. The average Bonchev–Trinajstić information content (AvgIpc) is 3.46. The van der Waals surface area contributed by atoms with E-state index in [9.17, 15) is 8.42 Å². The zero-order valence-corrected chi connectivity index (χ0v) is 17.7. The number of ether oxygens (including phenoxy) is 2. The number of aromatic nitrogens is 2. The minimum Gasteiger partial charge on any atom is -0.493 e. The van der Waals surface area contributed by atoms with Crippen molar-refractivity contribution < 1.29 is 22.4 Å². The van der Waals surface area contributed by atoms with Gasteiger partial charge in [-0.3, -0.25) is 0 Å². The quantitative estimate of drug-likeness (QED) is 0.586. The molecule has 0 N–H and O–H groups in total. The van der Waals surface area contributed by atoms with E-state index in [-0.39, 0.29) is 5.92 Å². The van der Waals surface area contributed by atoms with E-state index in [1.807, 2.05) is 6.07 Å². The molecule has 0 aliphatic carbocycles. The Labute approximate surface area is 173 Å². The summed E-state index contributed by atoms with van der Waals surface area (Å²) in [5.74, 6) is 1.92. The molecule has 1 aromatic carbocycles. The first-order valence-corrected chi connectivity index (χ1v) is 11.4. The third kappa shape index (κ3) is 3.87. The van der Waals surface area contributed by atoms with E-state index in [1.165, 1.54) is 15.6 Å². The number of nitrogens with zero attached hydrogens (tertiary/aromatic N) is 3. The number of piperidine rings is 1. The van der Waals surface area contributed by atoms with Gasteiger partial charge in [-0.2, -0.15) is 9.29 Å². The van der Waals surface area contributed by atoms with E-state index in [1.54, 1.807) is 43.9 Å². The second kappa shape index (κ2) is 8.13. The molecule has 1 saturated heterocycles. The summed E-state index contributed by atoms with van der Waals surface area (Å²) in [6.45, 7) is 0.821. The molecule has 3 aromatic rings. The molecule has 0 saturated carbocycles. The Morgan fingerprint density at radius 1 is 1.21 bits per heavy atom. The number of hydrogen-bond acceptors (Lipinski definition) is 8. The molecule has 2 aromatic heterocycles. The molecular formula is C19H21N3O5S2. The first-order chi connectivity index (χ1) is 14.0. The molecule has 4 rings (SSSR count). The van der Waals surface area contributed by atoms with Gasteiger partial charge >= 0.3 is 0 Å². The van der Waals surface area contributed by atoms with Gasteiger partial charge in [-0.05, 0) is 42.5 Å². The Balaban J connectivity index is 1.55. The molecule has 1 fully saturated rings. The Morgan fingerprint density at radius 2 is 2.03 bits per heavy atom. The first kappa shape index (κ1) is 19.9. The van der Waals surface area contributed by atoms with Gasteiger partial charge in [0.1, 0.15) is 4.21 Å². The largest absolute Gasteiger partial charge is 0.493 e. The molecule has 0 radical (unpaired) electrons. The predicted molar refractivity (Wildman–Crippen MR) is 108 cm³/mol. The Morgan fingerprint density at radius 3 is 2.76 bits per heavy atom. The van der Waals surface area contributed by atoms with Crippen molar-refractivity contribution in [3.05, 3.63) is 41.6 Å². The molecule has 10 heteroatoms. The highest BCUT2D eigenvalue weighted by atomic mass is 32.2. The van der Waals surface area contributed by atoms with Gasteiger partial charge in [-0.15, -0.1) is 11.3 Å². The second-order valence-corrected chi connectivity index (χ2v) is 9.77. The van der Waals surface area contributed by atoms with Gasteiger partial charge in [0, 0.05) is 18.7 Å². The van der Waals surface area contributed by atoms with E-state index < -0.39 is 10.0 Å². The van der Waals surface area contributed by atoms with Crippen LogP contribution in [0.15, 0.2) is 44.4 Å². The molecule has 3 heterocycles. The van der Waals surface area contributed by atoms with Crippen LogP contribution in [-0.2, 0) is 10.0 Å². The monoisotopic (exact) mass is 435 g/mol. The lowest BCUT2D eigenvalue weighted by Crippen LogP contribution is -2.38. The Hall–Kier alpha value is -2.43. The van der Waals surface area contributed by atoms with Crippen LogP contribution in [0.1, 0.15) is 24.7 Å². The smallest absolute Gasteiger partial charge is 0.252 e. The number of methoxy groups -OCH3 is 2. The lowest BCUT2D eigenvalue weighted by Gasteiger charge is -2.29. The SMILES string of the molecule is COc1ccc(-c2noc(C3CCCN(S(=O)(=O)c4cccs4)C3)n2)cc1OC. The zero-order chi connectivity index (χ0) is 20.4. The van der Waals surface area contributed by atoms with Crippen molar-refractivity contribution in [2.45, 2.75) is 23.0 Å². The fourth-order valence-electron chi connectivity index (χ4n) is 3.39. The Kier molecular flexibility index (Phi) is 5.57. The highest BCUT2D eigenvalue weighted by Gasteiger charge is 2.34. The first-order valence-electron chi connectivity index (χ1n) is 9.12. The molecule has 0 spiro atoms. The minimum absolute atomic E-state index is 0.139. The summed E-state index contributed by atoms with van der Waals surface area (Å²) in [6.07, 6.45) is 1.54. The van der Waals surface area contributed by atoms with Crippen LogP contribution in [0.4, 0.5) is 0 Å². The molecule has 1 aliphatic heterocycles. The molecular weight excluding hydrogens is 414 g/mol. The van der Waals surface area contributed by atoms with Crippen molar-refractivity contribution >= 4 is 21.4 Å². The molecule has 1 unspecified atom stereocenters. The summed E-state index contributed by atoms with van der Waals surface area (Å²) in [6, 6.07) is 8.75. The van der Waals surface area contributed by atoms with E-state index >= 15 is 0 Å².